The van der Waals surface area contributed by atoms with E-state index in [1.54, 1.807) is 55.5 Å². The lowest BCUT2D eigenvalue weighted by Gasteiger charge is -2.16. The van der Waals surface area contributed by atoms with Crippen molar-refractivity contribution in [3.8, 4) is 45.6 Å². The molecule has 0 radical (unpaired) electrons. The zero-order valence-corrected chi connectivity index (χ0v) is 39.5. The number of carbonyl (C=O) groups is 4. The Morgan fingerprint density at radius 1 is 0.534 bits per heavy atom. The predicted octanol–water partition coefficient (Wildman–Crippen LogP) is 12.5. The van der Waals surface area contributed by atoms with Crippen molar-refractivity contribution >= 4 is 47.0 Å². The fraction of sp³-hybridized carbons (Fsp3) is 0.200. The minimum absolute atomic E-state index is 0.0722. The molecule has 380 valence electrons. The number of hydrogen-bond donors (Lipinski definition) is 2. The van der Waals surface area contributed by atoms with Gasteiger partial charge >= 0.3 is 24.3 Å². The van der Waals surface area contributed by atoms with E-state index in [1.165, 1.54) is 105 Å². The lowest BCUT2D eigenvalue weighted by atomic mass is 9.88. The predicted molar refractivity (Wildman–Crippen MR) is 263 cm³/mol. The van der Waals surface area contributed by atoms with Gasteiger partial charge in [-0.1, -0.05) is 36.4 Å². The van der Waals surface area contributed by atoms with E-state index in [-0.39, 0.29) is 88.5 Å². The van der Waals surface area contributed by atoms with Gasteiger partial charge in [0.2, 0.25) is 0 Å². The second-order valence-electron chi connectivity index (χ2n) is 16.2. The fourth-order valence-corrected chi connectivity index (χ4v) is 7.15. The van der Waals surface area contributed by atoms with Crippen LogP contribution in [0.25, 0.3) is 23.3 Å². The molecule has 0 fully saturated rings. The van der Waals surface area contributed by atoms with Gasteiger partial charge in [-0.25, -0.2) is 9.59 Å². The summed E-state index contributed by atoms with van der Waals surface area (Å²) in [5, 5.41) is 0. The van der Waals surface area contributed by atoms with Gasteiger partial charge in [0.15, 0.2) is 34.6 Å². The van der Waals surface area contributed by atoms with Gasteiger partial charge in [-0.15, -0.1) is 0 Å². The smallest absolute Gasteiger partial charge is 0.389 e. The van der Waals surface area contributed by atoms with Crippen molar-refractivity contribution in [2.24, 2.45) is 0 Å². The van der Waals surface area contributed by atoms with Gasteiger partial charge in [0, 0.05) is 35.3 Å². The van der Waals surface area contributed by atoms with Gasteiger partial charge in [0.1, 0.15) is 11.5 Å². The van der Waals surface area contributed by atoms with Crippen molar-refractivity contribution in [1.82, 2.24) is 0 Å². The molecule has 0 aromatic heterocycles. The lowest BCUT2D eigenvalue weighted by Crippen LogP contribution is -2.10. The van der Waals surface area contributed by atoms with Crippen LogP contribution >= 0.6 is 0 Å². The van der Waals surface area contributed by atoms with Gasteiger partial charge in [-0.05, 0) is 151 Å². The number of nitrogens with two attached hydrogens (primary N) is 2. The third-order valence-electron chi connectivity index (χ3n) is 10.9. The minimum atomic E-state index is -4.28. The van der Waals surface area contributed by atoms with E-state index in [1.807, 2.05) is 0 Å². The van der Waals surface area contributed by atoms with E-state index in [0.717, 1.165) is 0 Å². The molecule has 0 saturated carbocycles. The molecule has 0 aliphatic carbocycles. The van der Waals surface area contributed by atoms with Crippen LogP contribution in [0.5, 0.6) is 34.5 Å². The number of halogens is 6. The summed E-state index contributed by atoms with van der Waals surface area (Å²) in [6.45, 7) is 1.38. The van der Waals surface area contributed by atoms with Gasteiger partial charge in [0.05, 0.1) is 38.6 Å². The second-order valence-corrected chi connectivity index (χ2v) is 16.2. The maximum Gasteiger partial charge on any atom is 0.389 e. The number of anilines is 2. The summed E-state index contributed by atoms with van der Waals surface area (Å²) in [5.41, 5.74) is 16.0. The fourth-order valence-electron chi connectivity index (χ4n) is 7.15. The quantitative estimate of drug-likeness (QED) is 0.0133. The Morgan fingerprint density at radius 3 is 1.44 bits per heavy atom. The van der Waals surface area contributed by atoms with Crippen LogP contribution in [0.1, 0.15) is 83.8 Å². The molecule has 73 heavy (non-hydrogen) atoms. The molecule has 0 spiro atoms. The first-order chi connectivity index (χ1) is 34.7. The van der Waals surface area contributed by atoms with Crippen LogP contribution in [0.15, 0.2) is 127 Å². The number of esters is 2. The van der Waals surface area contributed by atoms with E-state index >= 15 is 0 Å². The zero-order chi connectivity index (χ0) is 52.9. The van der Waals surface area contributed by atoms with Crippen molar-refractivity contribution in [2.45, 2.75) is 45.0 Å². The highest BCUT2D eigenvalue weighted by Gasteiger charge is 2.27. The molecule has 12 nitrogen and oxygen atoms in total. The van der Waals surface area contributed by atoms with Crippen LogP contribution in [0.4, 0.5) is 37.7 Å². The summed E-state index contributed by atoms with van der Waals surface area (Å²) in [6.07, 6.45) is -5.26. The second kappa shape index (κ2) is 24.0. The number of ketones is 2. The first-order valence-electron chi connectivity index (χ1n) is 22.4. The molecule has 0 unspecified atom stereocenters. The number of allylic oxidation sites excluding steroid dienone is 2. The average Bonchev–Trinajstić information content (AvgIpc) is 3.36. The number of nitrogen functional groups attached to an aromatic ring is 2. The summed E-state index contributed by atoms with van der Waals surface area (Å²) in [4.78, 5) is 54.1. The largest absolute Gasteiger partial charge is 0.494 e. The average molecular weight is 1010 g/mol. The molecule has 0 heterocycles. The maximum absolute atomic E-state index is 14.1. The summed E-state index contributed by atoms with van der Waals surface area (Å²) in [5.74, 6) is -1.35. The van der Waals surface area contributed by atoms with Gasteiger partial charge in [0.25, 0.3) is 0 Å². The van der Waals surface area contributed by atoms with Crippen molar-refractivity contribution < 1.29 is 73.9 Å². The van der Waals surface area contributed by atoms with Gasteiger partial charge in [-0.3, -0.25) is 9.59 Å². The number of benzene rings is 6. The maximum atomic E-state index is 14.1. The minimum Gasteiger partial charge on any atom is -0.494 e. The van der Waals surface area contributed by atoms with Crippen LogP contribution in [-0.4, -0.2) is 63.3 Å². The molecule has 6 aromatic rings. The highest BCUT2D eigenvalue weighted by molar-refractivity contribution is 6.16. The third-order valence-corrected chi connectivity index (χ3v) is 10.9. The summed E-state index contributed by atoms with van der Waals surface area (Å²) >= 11 is 0. The number of carbonyl (C=O) groups excluding carboxylic acids is 4. The molecule has 0 aliphatic heterocycles. The normalized spacial score (nSPS) is 11.6. The molecule has 0 atom stereocenters. The van der Waals surface area contributed by atoms with E-state index in [2.05, 4.69) is 0 Å². The van der Waals surface area contributed by atoms with Gasteiger partial charge in [-0.2, -0.15) is 26.3 Å². The first kappa shape index (κ1) is 53.8. The molecule has 6 aromatic carbocycles. The standard InChI is InChI=1S/C55H48F6N2O10/c1-33-44(63)21-20-42(51(33)46(65)23-7-35-9-25-48(50(31-35)69-3)73-53(67)37-12-17-40(18-13-37)71-29-5-27-55(59,60)61)41-19-14-38(62)32-43(41)45(64)22-6-34-8-24-47(49(30-34)68-2)72-52(66)36-10-15-39(16-11-36)70-28-4-26-54(56,57)58/h6-25,30-32H,4-5,26-29,62-63H2,1-3H3. The number of hydrogen-bond acceptors (Lipinski definition) is 12. The highest BCUT2D eigenvalue weighted by atomic mass is 19.4. The Morgan fingerprint density at radius 2 is 0.986 bits per heavy atom. The Hall–Kier alpha value is -8.54. The van der Waals surface area contributed by atoms with E-state index in [4.69, 9.17) is 39.9 Å². The van der Waals surface area contributed by atoms with Crippen LogP contribution in [0.2, 0.25) is 0 Å². The SMILES string of the molecule is COc1cc(C=CC(=O)c2cc(N)ccc2-c2ccc(N)c(C)c2C(=O)C=Cc2ccc(OC(=O)c3ccc(OCCCC(F)(F)F)cc3)c(OC)c2)ccc1OC(=O)c1ccc(OCCCC(F)(F)F)cc1. The highest BCUT2D eigenvalue weighted by Crippen LogP contribution is 2.36. The number of methoxy groups -OCH3 is 2. The molecule has 6 rings (SSSR count). The molecule has 0 saturated heterocycles. The molecule has 0 bridgehead atoms. The van der Waals surface area contributed by atoms with E-state index < -0.39 is 48.7 Å². The third kappa shape index (κ3) is 15.2. The van der Waals surface area contributed by atoms with Crippen LogP contribution in [0.3, 0.4) is 0 Å². The number of rotatable bonds is 21. The Balaban J connectivity index is 1.14. The van der Waals surface area contributed by atoms with Crippen LogP contribution in [0, 0.1) is 6.92 Å². The summed E-state index contributed by atoms with van der Waals surface area (Å²) in [7, 11) is 2.74. The molecule has 0 aliphatic rings. The van der Waals surface area contributed by atoms with Crippen molar-refractivity contribution in [3.05, 3.63) is 166 Å². The Bertz CT molecular complexity index is 3020. The molecular weight excluding hydrogens is 963 g/mol. The van der Waals surface area contributed by atoms with Gasteiger partial charge < -0.3 is 39.9 Å². The van der Waals surface area contributed by atoms with Crippen LogP contribution in [-0.2, 0) is 0 Å². The van der Waals surface area contributed by atoms with E-state index in [0.29, 0.717) is 33.5 Å². The topological polar surface area (TPSA) is 176 Å². The first-order valence-corrected chi connectivity index (χ1v) is 22.4. The Labute approximate surface area is 415 Å². The molecular formula is C55H48F6N2O10. The number of alkyl halides is 6. The Kier molecular flexibility index (Phi) is 17.7. The van der Waals surface area contributed by atoms with Crippen molar-refractivity contribution in [1.29, 1.82) is 0 Å². The van der Waals surface area contributed by atoms with Crippen molar-refractivity contribution in [2.75, 3.05) is 38.9 Å². The molecule has 4 N–H and O–H groups in total. The zero-order valence-electron chi connectivity index (χ0n) is 39.5. The molecule has 0 amide bonds. The van der Waals surface area contributed by atoms with E-state index in [9.17, 15) is 45.5 Å². The summed E-state index contributed by atoms with van der Waals surface area (Å²) in [6, 6.07) is 28.6. The molecule has 18 heteroatoms. The van der Waals surface area contributed by atoms with Crippen LogP contribution < -0.4 is 39.9 Å². The van der Waals surface area contributed by atoms with Crippen molar-refractivity contribution in [3.63, 3.8) is 0 Å². The monoisotopic (exact) mass is 1010 g/mol. The number of ether oxygens (including phenoxy) is 6. The lowest BCUT2D eigenvalue weighted by molar-refractivity contribution is -0.137. The summed E-state index contributed by atoms with van der Waals surface area (Å²) < 4.78 is 107.